The largest absolute Gasteiger partial charge is 0.513 e. The molecule has 3 rings (SSSR count). The number of fused-ring (bicyclic) bond motifs is 2. The fourth-order valence-corrected chi connectivity index (χ4v) is 2.99. The van der Waals surface area contributed by atoms with Crippen LogP contribution < -0.4 is 4.74 Å². The first kappa shape index (κ1) is 15.3. The Morgan fingerprint density at radius 3 is 2.52 bits per heavy atom. The first-order valence-electron chi connectivity index (χ1n) is 7.91. The zero-order valence-electron chi connectivity index (χ0n) is 13.7. The minimum atomic E-state index is -0.688. The van der Waals surface area contributed by atoms with Crippen molar-refractivity contribution in [3.63, 3.8) is 0 Å². The highest BCUT2D eigenvalue weighted by atomic mass is 16.7. The van der Waals surface area contributed by atoms with E-state index in [1.165, 1.54) is 12.7 Å². The van der Waals surface area contributed by atoms with Gasteiger partial charge in [0.25, 0.3) is 0 Å². The van der Waals surface area contributed by atoms with Crippen LogP contribution in [0.3, 0.4) is 0 Å². The average molecular weight is 308 g/mol. The average Bonchev–Trinajstić information content (AvgIpc) is 2.60. The van der Waals surface area contributed by atoms with E-state index in [4.69, 9.17) is 9.47 Å². The number of hydrogen-bond donors (Lipinski definition) is 0. The maximum Gasteiger partial charge on any atom is 0.513 e. The van der Waals surface area contributed by atoms with Gasteiger partial charge >= 0.3 is 6.16 Å². The first-order chi connectivity index (χ1) is 11.2. The summed E-state index contributed by atoms with van der Waals surface area (Å²) in [5, 5.41) is 4.06. The number of benzene rings is 3. The molecule has 0 aliphatic heterocycles. The van der Waals surface area contributed by atoms with Crippen LogP contribution in [0.15, 0.2) is 42.5 Å². The van der Waals surface area contributed by atoms with Crippen LogP contribution in [0.1, 0.15) is 25.0 Å². The highest BCUT2D eigenvalue weighted by Gasteiger charge is 2.16. The molecule has 0 heterocycles. The van der Waals surface area contributed by atoms with Crippen LogP contribution in [0.4, 0.5) is 4.79 Å². The normalized spacial score (nSPS) is 10.9. The lowest BCUT2D eigenvalue weighted by atomic mass is 9.96. The molecule has 0 aromatic heterocycles. The van der Waals surface area contributed by atoms with Crippen LogP contribution in [0, 0.1) is 0 Å². The Bertz CT molecular complexity index is 881. The van der Waals surface area contributed by atoms with Gasteiger partial charge in [-0.25, -0.2) is 4.79 Å². The van der Waals surface area contributed by atoms with Crippen molar-refractivity contribution in [2.45, 2.75) is 26.7 Å². The summed E-state index contributed by atoms with van der Waals surface area (Å²) in [5.74, 6) is 0.595. The monoisotopic (exact) mass is 308 g/mol. The van der Waals surface area contributed by atoms with E-state index in [2.05, 4.69) is 44.2 Å². The van der Waals surface area contributed by atoms with Gasteiger partial charge in [0.05, 0.1) is 7.11 Å². The third-order valence-corrected chi connectivity index (χ3v) is 4.22. The van der Waals surface area contributed by atoms with Crippen LogP contribution in [0.25, 0.3) is 21.5 Å². The highest BCUT2D eigenvalue weighted by molar-refractivity contribution is 6.07. The van der Waals surface area contributed by atoms with E-state index in [0.717, 1.165) is 39.9 Å². The Kier molecular flexibility index (Phi) is 4.20. The van der Waals surface area contributed by atoms with Crippen molar-refractivity contribution in [2.24, 2.45) is 0 Å². The molecule has 0 saturated carbocycles. The van der Waals surface area contributed by atoms with E-state index in [9.17, 15) is 4.79 Å². The Morgan fingerprint density at radius 2 is 1.83 bits per heavy atom. The molecular formula is C20H20O3. The topological polar surface area (TPSA) is 35.5 Å². The lowest BCUT2D eigenvalue weighted by molar-refractivity contribution is 0.122. The molecule has 118 valence electrons. The Hall–Kier alpha value is -2.55. The van der Waals surface area contributed by atoms with Gasteiger partial charge in [-0.1, -0.05) is 44.2 Å². The Labute approximate surface area is 135 Å². The van der Waals surface area contributed by atoms with Crippen molar-refractivity contribution in [1.82, 2.24) is 0 Å². The van der Waals surface area contributed by atoms with Gasteiger partial charge in [-0.05, 0) is 46.9 Å². The van der Waals surface area contributed by atoms with Gasteiger partial charge in [-0.2, -0.15) is 0 Å². The summed E-state index contributed by atoms with van der Waals surface area (Å²) in [6.45, 7) is 4.21. The van der Waals surface area contributed by atoms with Crippen molar-refractivity contribution in [3.8, 4) is 5.75 Å². The van der Waals surface area contributed by atoms with E-state index in [1.807, 2.05) is 12.1 Å². The van der Waals surface area contributed by atoms with Crippen molar-refractivity contribution < 1.29 is 14.3 Å². The molecule has 0 radical (unpaired) electrons. The molecule has 3 aromatic rings. The zero-order valence-corrected chi connectivity index (χ0v) is 13.7. The van der Waals surface area contributed by atoms with Crippen LogP contribution in [0.5, 0.6) is 5.75 Å². The van der Waals surface area contributed by atoms with Gasteiger partial charge in [0.1, 0.15) is 5.75 Å². The Balaban J connectivity index is 2.41. The number of carbonyl (C=O) groups excluding carboxylic acids is 1. The molecule has 0 atom stereocenters. The maximum absolute atomic E-state index is 11.8. The van der Waals surface area contributed by atoms with E-state index in [1.54, 1.807) is 0 Å². The van der Waals surface area contributed by atoms with Crippen molar-refractivity contribution in [1.29, 1.82) is 0 Å². The van der Waals surface area contributed by atoms with Crippen molar-refractivity contribution >= 4 is 27.7 Å². The van der Waals surface area contributed by atoms with E-state index in [-0.39, 0.29) is 0 Å². The standard InChI is InChI=1S/C20H20O3/c1-4-13-9-10-15-12-16-8-6-7-14(5-2)18(16)19(17(15)11-13)23-20(21)22-3/h6-12H,4-5H2,1-3H3. The predicted octanol–water partition coefficient (Wildman–Crippen LogP) is 5.26. The molecule has 0 aliphatic rings. The van der Waals surface area contributed by atoms with Gasteiger partial charge in [0.2, 0.25) is 0 Å². The summed E-state index contributed by atoms with van der Waals surface area (Å²) in [6, 6.07) is 14.6. The lowest BCUT2D eigenvalue weighted by Gasteiger charge is -2.14. The molecule has 0 aliphatic carbocycles. The van der Waals surface area contributed by atoms with Crippen LogP contribution in [0.2, 0.25) is 0 Å². The lowest BCUT2D eigenvalue weighted by Crippen LogP contribution is -2.08. The number of aryl methyl sites for hydroxylation is 2. The summed E-state index contributed by atoms with van der Waals surface area (Å²) in [6.07, 6.45) is 1.11. The minimum absolute atomic E-state index is 0.595. The molecule has 0 saturated heterocycles. The number of hydrogen-bond acceptors (Lipinski definition) is 3. The summed E-state index contributed by atoms with van der Waals surface area (Å²) in [4.78, 5) is 11.8. The van der Waals surface area contributed by atoms with Gasteiger partial charge < -0.3 is 9.47 Å². The maximum atomic E-state index is 11.8. The fourth-order valence-electron chi connectivity index (χ4n) is 2.99. The van der Waals surface area contributed by atoms with Gasteiger partial charge in [0.15, 0.2) is 0 Å². The third-order valence-electron chi connectivity index (χ3n) is 4.22. The minimum Gasteiger partial charge on any atom is -0.437 e. The predicted molar refractivity (Wildman–Crippen MR) is 93.2 cm³/mol. The fraction of sp³-hybridized carbons (Fsp3) is 0.250. The molecule has 0 fully saturated rings. The molecular weight excluding hydrogens is 288 g/mol. The molecule has 3 aromatic carbocycles. The van der Waals surface area contributed by atoms with Crippen molar-refractivity contribution in [2.75, 3.05) is 7.11 Å². The second-order valence-corrected chi connectivity index (χ2v) is 5.54. The molecule has 0 bridgehead atoms. The number of ether oxygens (including phenoxy) is 2. The van der Waals surface area contributed by atoms with Gasteiger partial charge in [0, 0.05) is 10.8 Å². The quantitative estimate of drug-likeness (QED) is 0.376. The zero-order chi connectivity index (χ0) is 16.4. The summed E-state index contributed by atoms with van der Waals surface area (Å²) in [7, 11) is 1.33. The number of rotatable bonds is 3. The SMILES string of the molecule is CCc1ccc2cc3cccc(CC)c3c(OC(=O)OC)c2c1. The first-order valence-corrected chi connectivity index (χ1v) is 7.91. The highest BCUT2D eigenvalue weighted by Crippen LogP contribution is 2.38. The third kappa shape index (κ3) is 2.74. The molecule has 23 heavy (non-hydrogen) atoms. The molecule has 3 heteroatoms. The molecule has 0 spiro atoms. The van der Waals surface area contributed by atoms with Gasteiger partial charge in [-0.15, -0.1) is 0 Å². The second-order valence-electron chi connectivity index (χ2n) is 5.54. The van der Waals surface area contributed by atoms with E-state index >= 15 is 0 Å². The molecule has 0 unspecified atom stereocenters. The van der Waals surface area contributed by atoms with Gasteiger partial charge in [-0.3, -0.25) is 0 Å². The van der Waals surface area contributed by atoms with E-state index in [0.29, 0.717) is 5.75 Å². The second kappa shape index (κ2) is 6.29. The summed E-state index contributed by atoms with van der Waals surface area (Å²) < 4.78 is 10.3. The molecule has 3 nitrogen and oxygen atoms in total. The summed E-state index contributed by atoms with van der Waals surface area (Å²) >= 11 is 0. The molecule has 0 N–H and O–H groups in total. The van der Waals surface area contributed by atoms with Crippen LogP contribution in [-0.2, 0) is 17.6 Å². The number of methoxy groups -OCH3 is 1. The Morgan fingerprint density at radius 1 is 1.00 bits per heavy atom. The number of carbonyl (C=O) groups is 1. The van der Waals surface area contributed by atoms with Crippen LogP contribution >= 0.6 is 0 Å². The smallest absolute Gasteiger partial charge is 0.437 e. The van der Waals surface area contributed by atoms with Crippen LogP contribution in [-0.4, -0.2) is 13.3 Å². The summed E-state index contributed by atoms with van der Waals surface area (Å²) in [5.41, 5.74) is 2.37. The van der Waals surface area contributed by atoms with E-state index < -0.39 is 6.16 Å². The molecule has 0 amide bonds. The van der Waals surface area contributed by atoms with Crippen molar-refractivity contribution in [3.05, 3.63) is 53.6 Å².